The Morgan fingerprint density at radius 2 is 1.00 bits per heavy atom. The third kappa shape index (κ3) is 20.9. The number of rotatable bonds is 18. The monoisotopic (exact) mass is 336 g/mol. The Morgan fingerprint density at radius 3 is 1.38 bits per heavy atom. The first kappa shape index (κ1) is 22.9. The second kappa shape index (κ2) is 20.0. The molecule has 0 aliphatic rings. The molecule has 0 aromatic heterocycles. The smallest absolute Gasteiger partial charge is 0.303 e. The Kier molecular flexibility index (Phi) is 19.1. The van der Waals surface area contributed by atoms with Crippen molar-refractivity contribution in [3.8, 4) is 0 Å². The molecule has 140 valence electrons. The van der Waals surface area contributed by atoms with Crippen LogP contribution in [0.15, 0.2) is 24.3 Å². The van der Waals surface area contributed by atoms with Gasteiger partial charge in [-0.3, -0.25) is 4.79 Å². The van der Waals surface area contributed by atoms with Crippen molar-refractivity contribution >= 4 is 5.97 Å². The van der Waals surface area contributed by atoms with Gasteiger partial charge >= 0.3 is 5.97 Å². The molecule has 2 nitrogen and oxygen atoms in total. The third-order valence-corrected chi connectivity index (χ3v) is 4.31. The molecule has 0 aromatic carbocycles. The summed E-state index contributed by atoms with van der Waals surface area (Å²) in [4.78, 5) is 10.4. The van der Waals surface area contributed by atoms with Crippen LogP contribution < -0.4 is 0 Å². The van der Waals surface area contributed by atoms with E-state index in [1.165, 1.54) is 77.0 Å². The molecule has 0 aromatic rings. The summed E-state index contributed by atoms with van der Waals surface area (Å²) < 4.78 is 0. The predicted molar refractivity (Wildman–Crippen MR) is 105 cm³/mol. The van der Waals surface area contributed by atoms with Crippen LogP contribution in [0.2, 0.25) is 0 Å². The molecular formula is C22H40O2. The minimum atomic E-state index is -0.680. The first-order valence-corrected chi connectivity index (χ1v) is 10.3. The highest BCUT2D eigenvalue weighted by Crippen LogP contribution is 2.09. The summed E-state index contributed by atoms with van der Waals surface area (Å²) in [6.07, 6.45) is 28.2. The minimum Gasteiger partial charge on any atom is -0.481 e. The van der Waals surface area contributed by atoms with Crippen LogP contribution in [-0.4, -0.2) is 11.1 Å². The van der Waals surface area contributed by atoms with Gasteiger partial charge in [-0.2, -0.15) is 0 Å². The van der Waals surface area contributed by atoms with Gasteiger partial charge in [0.1, 0.15) is 0 Å². The number of carboxylic acid groups (broad SMARTS) is 1. The van der Waals surface area contributed by atoms with Crippen molar-refractivity contribution in [2.75, 3.05) is 0 Å². The molecule has 0 radical (unpaired) electrons. The molecule has 24 heavy (non-hydrogen) atoms. The van der Waals surface area contributed by atoms with Gasteiger partial charge in [0.25, 0.3) is 0 Å². The number of carboxylic acids is 1. The molecular weight excluding hydrogens is 296 g/mol. The molecule has 0 unspecified atom stereocenters. The van der Waals surface area contributed by atoms with E-state index in [0.29, 0.717) is 6.42 Å². The topological polar surface area (TPSA) is 37.3 Å². The summed E-state index contributed by atoms with van der Waals surface area (Å²) in [6.45, 7) is 2.27. The zero-order valence-corrected chi connectivity index (χ0v) is 16.0. The third-order valence-electron chi connectivity index (χ3n) is 4.31. The summed E-state index contributed by atoms with van der Waals surface area (Å²) in [6, 6.07) is 0. The summed E-state index contributed by atoms with van der Waals surface area (Å²) in [5, 5.41) is 8.53. The lowest BCUT2D eigenvalue weighted by Gasteiger charge is -1.98. The number of aliphatic carboxylic acids is 1. The van der Waals surface area contributed by atoms with E-state index in [2.05, 4.69) is 31.2 Å². The first-order valence-electron chi connectivity index (χ1n) is 10.3. The predicted octanol–water partition coefficient (Wildman–Crippen LogP) is 7.44. The Morgan fingerprint density at radius 1 is 0.625 bits per heavy atom. The number of hydrogen-bond acceptors (Lipinski definition) is 1. The Labute approximate surface area is 150 Å². The highest BCUT2D eigenvalue weighted by molar-refractivity contribution is 5.66. The van der Waals surface area contributed by atoms with Crippen LogP contribution in [0.5, 0.6) is 0 Å². The van der Waals surface area contributed by atoms with Gasteiger partial charge in [0.15, 0.2) is 0 Å². The molecule has 0 atom stereocenters. The van der Waals surface area contributed by atoms with Gasteiger partial charge in [-0.15, -0.1) is 0 Å². The lowest BCUT2D eigenvalue weighted by atomic mass is 10.1. The van der Waals surface area contributed by atoms with Gasteiger partial charge in [0.05, 0.1) is 0 Å². The fourth-order valence-corrected chi connectivity index (χ4v) is 2.75. The van der Waals surface area contributed by atoms with E-state index in [1.807, 2.05) is 0 Å². The molecule has 0 aliphatic carbocycles. The van der Waals surface area contributed by atoms with E-state index >= 15 is 0 Å². The van der Waals surface area contributed by atoms with Crippen molar-refractivity contribution in [3.63, 3.8) is 0 Å². The lowest BCUT2D eigenvalue weighted by molar-refractivity contribution is -0.137. The second-order valence-corrected chi connectivity index (χ2v) is 6.78. The second-order valence-electron chi connectivity index (χ2n) is 6.78. The van der Waals surface area contributed by atoms with Gasteiger partial charge in [-0.1, -0.05) is 69.8 Å². The SMILES string of the molecule is CCCCCCCC=CCCCCCCC=CCCCCC(=O)O. The van der Waals surface area contributed by atoms with Gasteiger partial charge in [0, 0.05) is 6.42 Å². The van der Waals surface area contributed by atoms with Crippen molar-refractivity contribution in [2.24, 2.45) is 0 Å². The van der Waals surface area contributed by atoms with Crippen LogP contribution in [0.25, 0.3) is 0 Å². The molecule has 0 saturated heterocycles. The number of carbonyl (C=O) groups is 1. The summed E-state index contributed by atoms with van der Waals surface area (Å²) in [5.41, 5.74) is 0. The van der Waals surface area contributed by atoms with E-state index in [0.717, 1.165) is 19.3 Å². The molecule has 0 fully saturated rings. The molecule has 1 N–H and O–H groups in total. The summed E-state index contributed by atoms with van der Waals surface area (Å²) >= 11 is 0. The van der Waals surface area contributed by atoms with E-state index < -0.39 is 5.97 Å². The van der Waals surface area contributed by atoms with Crippen LogP contribution in [0.4, 0.5) is 0 Å². The maximum Gasteiger partial charge on any atom is 0.303 e. The van der Waals surface area contributed by atoms with E-state index in [9.17, 15) is 4.79 Å². The molecule has 0 heterocycles. The van der Waals surface area contributed by atoms with Crippen molar-refractivity contribution in [3.05, 3.63) is 24.3 Å². The Bertz CT molecular complexity index is 318. The highest BCUT2D eigenvalue weighted by Gasteiger charge is 1.94. The van der Waals surface area contributed by atoms with E-state index in [4.69, 9.17) is 5.11 Å². The van der Waals surface area contributed by atoms with Crippen molar-refractivity contribution in [1.29, 1.82) is 0 Å². The van der Waals surface area contributed by atoms with Crippen molar-refractivity contribution in [2.45, 2.75) is 110 Å². The van der Waals surface area contributed by atoms with Crippen molar-refractivity contribution in [1.82, 2.24) is 0 Å². The van der Waals surface area contributed by atoms with Gasteiger partial charge < -0.3 is 5.11 Å². The van der Waals surface area contributed by atoms with Crippen LogP contribution in [-0.2, 0) is 4.79 Å². The quantitative estimate of drug-likeness (QED) is 0.208. The zero-order chi connectivity index (χ0) is 17.7. The van der Waals surface area contributed by atoms with Crippen LogP contribution >= 0.6 is 0 Å². The van der Waals surface area contributed by atoms with Gasteiger partial charge in [-0.25, -0.2) is 0 Å². The van der Waals surface area contributed by atoms with Crippen LogP contribution in [0.1, 0.15) is 110 Å². The zero-order valence-electron chi connectivity index (χ0n) is 16.0. The number of hydrogen-bond donors (Lipinski definition) is 1. The molecule has 0 aliphatic heterocycles. The molecule has 0 amide bonds. The van der Waals surface area contributed by atoms with Gasteiger partial charge in [0.2, 0.25) is 0 Å². The average Bonchev–Trinajstić information content (AvgIpc) is 2.56. The highest BCUT2D eigenvalue weighted by atomic mass is 16.4. The maximum atomic E-state index is 10.4. The summed E-state index contributed by atoms with van der Waals surface area (Å²) in [7, 11) is 0. The molecule has 2 heteroatoms. The van der Waals surface area contributed by atoms with Gasteiger partial charge in [-0.05, 0) is 57.8 Å². The normalized spacial score (nSPS) is 11.7. The largest absolute Gasteiger partial charge is 0.481 e. The van der Waals surface area contributed by atoms with E-state index in [1.54, 1.807) is 0 Å². The van der Waals surface area contributed by atoms with E-state index in [-0.39, 0.29) is 0 Å². The fourth-order valence-electron chi connectivity index (χ4n) is 2.75. The lowest BCUT2D eigenvalue weighted by Crippen LogP contribution is -1.92. The van der Waals surface area contributed by atoms with Crippen LogP contribution in [0.3, 0.4) is 0 Å². The van der Waals surface area contributed by atoms with Crippen molar-refractivity contribution < 1.29 is 9.90 Å². The Balaban J connectivity index is 3.15. The standard InChI is InChI=1S/C22H40O2/c1-2-3-4-5-6-7-8-9-10-11-12-13-14-15-16-17-18-19-20-21-22(23)24/h8-9,16-17H,2-7,10-15,18-21H2,1H3,(H,23,24). The summed E-state index contributed by atoms with van der Waals surface area (Å²) in [5.74, 6) is -0.680. The number of allylic oxidation sites excluding steroid dienone is 4. The molecule has 0 rings (SSSR count). The number of unbranched alkanes of at least 4 members (excludes halogenated alkanes) is 12. The fraction of sp³-hybridized carbons (Fsp3) is 0.773. The van der Waals surface area contributed by atoms with Crippen LogP contribution in [0, 0.1) is 0 Å². The maximum absolute atomic E-state index is 10.4. The minimum absolute atomic E-state index is 0.307. The molecule has 0 saturated carbocycles. The average molecular weight is 337 g/mol. The molecule has 0 spiro atoms. The Hall–Kier alpha value is -1.05. The first-order chi connectivity index (χ1) is 11.8. The molecule has 0 bridgehead atoms.